The van der Waals surface area contributed by atoms with E-state index in [1.165, 1.54) is 11.1 Å². The minimum absolute atomic E-state index is 0.503. The molecule has 0 atom stereocenters. The van der Waals surface area contributed by atoms with Crippen LogP contribution in [-0.4, -0.2) is 54.6 Å². The van der Waals surface area contributed by atoms with E-state index >= 15 is 0 Å². The van der Waals surface area contributed by atoms with E-state index in [-0.39, 0.29) is 0 Å². The summed E-state index contributed by atoms with van der Waals surface area (Å²) >= 11 is 5.47. The molecule has 0 aromatic heterocycles. The van der Waals surface area contributed by atoms with Crippen molar-refractivity contribution in [2.75, 3.05) is 39.8 Å². The zero-order chi connectivity index (χ0) is 13.8. The van der Waals surface area contributed by atoms with Crippen LogP contribution in [0, 0.1) is 13.8 Å². The molecular formula is C15H22N2OS. The number of ether oxygens (including phenoxy) is 1. The summed E-state index contributed by atoms with van der Waals surface area (Å²) in [5.41, 5.74) is 2.45. The summed E-state index contributed by atoms with van der Waals surface area (Å²) in [6.45, 7) is 8.85. The van der Waals surface area contributed by atoms with Crippen molar-refractivity contribution in [1.82, 2.24) is 9.80 Å². The lowest BCUT2D eigenvalue weighted by Gasteiger charge is -2.34. The Labute approximate surface area is 121 Å². The lowest BCUT2D eigenvalue weighted by molar-refractivity contribution is 0.210. The third-order valence-electron chi connectivity index (χ3n) is 3.76. The molecule has 4 heteroatoms. The number of aryl methyl sites for hydroxylation is 1. The van der Waals surface area contributed by atoms with Gasteiger partial charge in [-0.1, -0.05) is 24.4 Å². The number of hydrogen-bond donors (Lipinski definition) is 0. The van der Waals surface area contributed by atoms with Crippen molar-refractivity contribution in [3.8, 4) is 5.75 Å². The first kappa shape index (κ1) is 14.3. The van der Waals surface area contributed by atoms with Crippen molar-refractivity contribution < 1.29 is 4.74 Å². The molecule has 1 aliphatic rings. The highest BCUT2D eigenvalue weighted by molar-refractivity contribution is 7.80. The predicted molar refractivity (Wildman–Crippen MR) is 83.1 cm³/mol. The quantitative estimate of drug-likeness (QED) is 0.788. The molecule has 1 aromatic rings. The van der Waals surface area contributed by atoms with Gasteiger partial charge in [-0.2, -0.15) is 0 Å². The van der Waals surface area contributed by atoms with E-state index in [1.807, 2.05) is 12.1 Å². The third-order valence-corrected chi connectivity index (χ3v) is 4.14. The minimum atomic E-state index is 0.503. The average Bonchev–Trinajstić information content (AvgIpc) is 2.41. The van der Waals surface area contributed by atoms with Gasteiger partial charge in [0.15, 0.2) is 0 Å². The number of piperazine rings is 1. The highest BCUT2D eigenvalue weighted by Crippen LogP contribution is 2.20. The normalized spacial score (nSPS) is 16.5. The van der Waals surface area contributed by atoms with Crippen molar-refractivity contribution >= 4 is 17.2 Å². The lowest BCUT2D eigenvalue weighted by atomic mass is 10.1. The molecule has 104 valence electrons. The van der Waals surface area contributed by atoms with Gasteiger partial charge in [0, 0.05) is 26.2 Å². The molecule has 0 amide bonds. The molecule has 1 fully saturated rings. The van der Waals surface area contributed by atoms with Crippen molar-refractivity contribution in [3.05, 3.63) is 29.3 Å². The summed E-state index contributed by atoms with van der Waals surface area (Å²) in [6, 6.07) is 6.13. The van der Waals surface area contributed by atoms with Crippen LogP contribution in [0.25, 0.3) is 0 Å². The molecule has 19 heavy (non-hydrogen) atoms. The van der Waals surface area contributed by atoms with Gasteiger partial charge in [-0.3, -0.25) is 0 Å². The second kappa shape index (κ2) is 6.35. The Morgan fingerprint density at radius 3 is 2.58 bits per heavy atom. The molecule has 1 aliphatic heterocycles. The zero-order valence-corrected chi connectivity index (χ0v) is 12.8. The molecule has 3 nitrogen and oxygen atoms in total. The third kappa shape index (κ3) is 3.67. The summed E-state index contributed by atoms with van der Waals surface area (Å²) in [7, 11) is 2.15. The van der Waals surface area contributed by atoms with E-state index in [0.29, 0.717) is 6.61 Å². The van der Waals surface area contributed by atoms with E-state index in [9.17, 15) is 0 Å². The largest absolute Gasteiger partial charge is 0.486 e. The van der Waals surface area contributed by atoms with Crippen LogP contribution >= 0.6 is 12.2 Å². The van der Waals surface area contributed by atoms with Crippen LogP contribution in [0.3, 0.4) is 0 Å². The Balaban J connectivity index is 1.88. The van der Waals surface area contributed by atoms with E-state index in [2.05, 4.69) is 36.8 Å². The van der Waals surface area contributed by atoms with E-state index in [0.717, 1.165) is 36.9 Å². The Bertz CT molecular complexity index is 453. The lowest BCUT2D eigenvalue weighted by Crippen LogP contribution is -2.47. The predicted octanol–water partition coefficient (Wildman–Crippen LogP) is 2.26. The van der Waals surface area contributed by atoms with Crippen LogP contribution in [-0.2, 0) is 0 Å². The zero-order valence-electron chi connectivity index (χ0n) is 12.0. The fourth-order valence-electron chi connectivity index (χ4n) is 2.17. The van der Waals surface area contributed by atoms with Gasteiger partial charge in [-0.15, -0.1) is 0 Å². The molecule has 1 saturated heterocycles. The number of rotatable bonds is 3. The maximum atomic E-state index is 5.86. The summed E-state index contributed by atoms with van der Waals surface area (Å²) in [6.07, 6.45) is 0. The average molecular weight is 278 g/mol. The maximum Gasteiger partial charge on any atom is 0.138 e. The number of nitrogens with zero attached hydrogens (tertiary/aromatic N) is 2. The number of benzene rings is 1. The van der Waals surface area contributed by atoms with E-state index in [1.54, 1.807) is 0 Å². The van der Waals surface area contributed by atoms with Gasteiger partial charge in [0.1, 0.15) is 17.3 Å². The number of likely N-dealkylation sites (N-methyl/N-ethyl adjacent to an activating group) is 1. The first-order valence-electron chi connectivity index (χ1n) is 6.73. The second-order valence-electron chi connectivity index (χ2n) is 5.17. The summed E-state index contributed by atoms with van der Waals surface area (Å²) < 4.78 is 5.86. The summed E-state index contributed by atoms with van der Waals surface area (Å²) in [4.78, 5) is 5.49. The number of hydrogen-bond acceptors (Lipinski definition) is 3. The second-order valence-corrected chi connectivity index (χ2v) is 5.64. The molecule has 2 rings (SSSR count). The van der Waals surface area contributed by atoms with Gasteiger partial charge in [-0.25, -0.2) is 0 Å². The monoisotopic (exact) mass is 278 g/mol. The standard InChI is InChI=1S/C15H22N2OS/c1-12-5-4-6-14(13(12)2)18-11-15(19)17-9-7-16(3)8-10-17/h4-6H,7-11H2,1-3H3. The Kier molecular flexibility index (Phi) is 4.77. The fraction of sp³-hybridized carbons (Fsp3) is 0.533. The van der Waals surface area contributed by atoms with Gasteiger partial charge >= 0.3 is 0 Å². The molecule has 0 radical (unpaired) electrons. The molecule has 0 bridgehead atoms. The van der Waals surface area contributed by atoms with Crippen molar-refractivity contribution in [2.24, 2.45) is 0 Å². The van der Waals surface area contributed by atoms with Gasteiger partial charge in [-0.05, 0) is 38.1 Å². The fourth-order valence-corrected chi connectivity index (χ4v) is 2.41. The van der Waals surface area contributed by atoms with Crippen molar-refractivity contribution in [2.45, 2.75) is 13.8 Å². The Morgan fingerprint density at radius 2 is 1.89 bits per heavy atom. The maximum absolute atomic E-state index is 5.86. The molecule has 1 aromatic carbocycles. The SMILES string of the molecule is Cc1cccc(OCC(=S)N2CCN(C)CC2)c1C. The summed E-state index contributed by atoms with van der Waals surface area (Å²) in [5, 5.41) is 0. The molecular weight excluding hydrogens is 256 g/mol. The van der Waals surface area contributed by atoms with E-state index in [4.69, 9.17) is 17.0 Å². The van der Waals surface area contributed by atoms with Gasteiger partial charge < -0.3 is 14.5 Å². The van der Waals surface area contributed by atoms with Crippen LogP contribution in [0.2, 0.25) is 0 Å². The topological polar surface area (TPSA) is 15.7 Å². The Hall–Kier alpha value is -1.13. The van der Waals surface area contributed by atoms with Crippen molar-refractivity contribution in [3.63, 3.8) is 0 Å². The van der Waals surface area contributed by atoms with Gasteiger partial charge in [0.25, 0.3) is 0 Å². The molecule has 0 unspecified atom stereocenters. The molecule has 1 heterocycles. The van der Waals surface area contributed by atoms with Crippen LogP contribution in [0.5, 0.6) is 5.75 Å². The smallest absolute Gasteiger partial charge is 0.138 e. The van der Waals surface area contributed by atoms with Crippen LogP contribution < -0.4 is 4.74 Å². The molecule has 0 N–H and O–H groups in total. The van der Waals surface area contributed by atoms with Gasteiger partial charge in [0.2, 0.25) is 0 Å². The first-order valence-corrected chi connectivity index (χ1v) is 7.14. The molecule has 0 aliphatic carbocycles. The van der Waals surface area contributed by atoms with Crippen LogP contribution in [0.1, 0.15) is 11.1 Å². The molecule has 0 saturated carbocycles. The highest BCUT2D eigenvalue weighted by Gasteiger charge is 2.16. The van der Waals surface area contributed by atoms with Crippen molar-refractivity contribution in [1.29, 1.82) is 0 Å². The van der Waals surface area contributed by atoms with Crippen LogP contribution in [0.15, 0.2) is 18.2 Å². The summed E-state index contributed by atoms with van der Waals surface area (Å²) in [5.74, 6) is 0.941. The highest BCUT2D eigenvalue weighted by atomic mass is 32.1. The minimum Gasteiger partial charge on any atom is -0.486 e. The number of thiocarbonyl (C=S) groups is 1. The van der Waals surface area contributed by atoms with Gasteiger partial charge in [0.05, 0.1) is 0 Å². The first-order chi connectivity index (χ1) is 9.08. The molecule has 0 spiro atoms. The van der Waals surface area contributed by atoms with E-state index < -0.39 is 0 Å². The Morgan fingerprint density at radius 1 is 1.21 bits per heavy atom. The van der Waals surface area contributed by atoms with Crippen LogP contribution in [0.4, 0.5) is 0 Å².